The summed E-state index contributed by atoms with van der Waals surface area (Å²) in [7, 11) is 0. The summed E-state index contributed by atoms with van der Waals surface area (Å²) in [5.74, 6) is -0.198. The molecular weight excluding hydrogens is 232 g/mol. The normalized spacial score (nSPS) is 14.4. The van der Waals surface area contributed by atoms with Crippen LogP contribution in [0.5, 0.6) is 0 Å². The van der Waals surface area contributed by atoms with E-state index in [0.29, 0.717) is 6.42 Å². The maximum Gasteiger partial charge on any atom is 0.311 e. The Hall–Kier alpha value is -0.610. The van der Waals surface area contributed by atoms with E-state index in [1.54, 1.807) is 0 Å². The molecule has 1 atom stereocenters. The quantitative estimate of drug-likeness (QED) is 0.411. The van der Waals surface area contributed by atoms with Gasteiger partial charge in [0.05, 0.1) is 12.0 Å². The topological polar surface area (TPSA) is 55.8 Å². The third-order valence-corrected chi connectivity index (χ3v) is 3.96. The van der Waals surface area contributed by atoms with E-state index >= 15 is 0 Å². The van der Waals surface area contributed by atoms with Gasteiger partial charge >= 0.3 is 5.97 Å². The molecule has 0 aromatic heterocycles. The number of carbonyl (C=O) groups excluding carboxylic acids is 1. The Balaban J connectivity index is 4.22. The van der Waals surface area contributed by atoms with Gasteiger partial charge in [0.15, 0.2) is 0 Å². The fourth-order valence-electron chi connectivity index (χ4n) is 1.41. The van der Waals surface area contributed by atoms with Crippen LogP contribution in [0.3, 0.4) is 0 Å². The van der Waals surface area contributed by atoms with E-state index < -0.39 is 5.41 Å². The summed E-state index contributed by atoms with van der Waals surface area (Å²) in [6, 6.07) is 0. The molecule has 0 radical (unpaired) electrons. The summed E-state index contributed by atoms with van der Waals surface area (Å²) in [5.41, 5.74) is -0.586. The number of esters is 1. The molecule has 0 rings (SSSR count). The average Bonchev–Trinajstić information content (AvgIpc) is 2.33. The van der Waals surface area contributed by atoms with Crippen LogP contribution in [0.4, 0.5) is 0 Å². The summed E-state index contributed by atoms with van der Waals surface area (Å²) >= 11 is 0. The highest BCUT2D eigenvalue weighted by Gasteiger charge is 2.31. The molecule has 0 saturated carbocycles. The Morgan fingerprint density at radius 1 is 1.17 bits per heavy atom. The van der Waals surface area contributed by atoms with Crippen molar-refractivity contribution in [2.24, 2.45) is 10.8 Å². The highest BCUT2D eigenvalue weighted by molar-refractivity contribution is 5.75. The van der Waals surface area contributed by atoms with Crippen molar-refractivity contribution >= 4 is 5.97 Å². The maximum absolute atomic E-state index is 11.8. The lowest BCUT2D eigenvalue weighted by Gasteiger charge is -2.30. The Labute approximate surface area is 111 Å². The Morgan fingerprint density at radius 3 is 2.11 bits per heavy atom. The van der Waals surface area contributed by atoms with Crippen molar-refractivity contribution in [1.82, 2.24) is 0 Å². The van der Waals surface area contributed by atoms with Crippen molar-refractivity contribution in [2.75, 3.05) is 6.61 Å². The van der Waals surface area contributed by atoms with Crippen LogP contribution in [0.25, 0.3) is 0 Å². The van der Waals surface area contributed by atoms with Crippen molar-refractivity contribution in [1.29, 1.82) is 0 Å². The fourth-order valence-corrected chi connectivity index (χ4v) is 1.41. The number of hydrogen-bond donors (Lipinski definition) is 1. The third-order valence-electron chi connectivity index (χ3n) is 3.96. The standard InChI is InChI=1S/C14H28O4/c1-7-13(3,4)11(18-16)9-10-17-12(15)14(5,6)8-2/h11,16H,7-10H2,1-6H3. The lowest BCUT2D eigenvalue weighted by molar-refractivity contribution is -0.304. The Kier molecular flexibility index (Phi) is 6.86. The number of rotatable bonds is 8. The van der Waals surface area contributed by atoms with E-state index in [1.165, 1.54) is 0 Å². The molecule has 0 heterocycles. The van der Waals surface area contributed by atoms with Gasteiger partial charge in [0.25, 0.3) is 0 Å². The van der Waals surface area contributed by atoms with E-state index in [9.17, 15) is 4.79 Å². The summed E-state index contributed by atoms with van der Waals surface area (Å²) in [6.45, 7) is 12.0. The van der Waals surface area contributed by atoms with E-state index in [2.05, 4.69) is 4.89 Å². The molecule has 1 N–H and O–H groups in total. The van der Waals surface area contributed by atoms with Gasteiger partial charge in [-0.25, -0.2) is 4.89 Å². The first kappa shape index (κ1) is 17.4. The maximum atomic E-state index is 11.8. The van der Waals surface area contributed by atoms with E-state index in [-0.39, 0.29) is 24.1 Å². The largest absolute Gasteiger partial charge is 0.465 e. The molecule has 0 aliphatic carbocycles. The minimum absolute atomic E-state index is 0.137. The molecule has 108 valence electrons. The first-order valence-electron chi connectivity index (χ1n) is 6.68. The summed E-state index contributed by atoms with van der Waals surface area (Å²) in [4.78, 5) is 16.3. The predicted molar refractivity (Wildman–Crippen MR) is 71.2 cm³/mol. The summed E-state index contributed by atoms with van der Waals surface area (Å²) in [6.07, 6.45) is 1.81. The van der Waals surface area contributed by atoms with Gasteiger partial charge in [-0.3, -0.25) is 10.1 Å². The Morgan fingerprint density at radius 2 is 1.72 bits per heavy atom. The second-order valence-electron chi connectivity index (χ2n) is 6.10. The van der Waals surface area contributed by atoms with E-state index in [0.717, 1.165) is 12.8 Å². The summed E-state index contributed by atoms with van der Waals surface area (Å²) < 4.78 is 5.24. The molecule has 4 nitrogen and oxygen atoms in total. The molecule has 0 saturated heterocycles. The van der Waals surface area contributed by atoms with Gasteiger partial charge in [0.2, 0.25) is 0 Å². The van der Waals surface area contributed by atoms with Crippen molar-refractivity contribution in [3.63, 3.8) is 0 Å². The lowest BCUT2D eigenvalue weighted by Crippen LogP contribution is -2.33. The zero-order valence-electron chi connectivity index (χ0n) is 12.6. The van der Waals surface area contributed by atoms with Crippen LogP contribution in [-0.4, -0.2) is 23.9 Å². The van der Waals surface area contributed by atoms with Gasteiger partial charge in [-0.15, -0.1) is 0 Å². The van der Waals surface area contributed by atoms with Gasteiger partial charge in [-0.05, 0) is 32.1 Å². The average molecular weight is 260 g/mol. The van der Waals surface area contributed by atoms with Crippen LogP contribution >= 0.6 is 0 Å². The number of carbonyl (C=O) groups is 1. The van der Waals surface area contributed by atoms with Gasteiger partial charge in [0.1, 0.15) is 6.10 Å². The molecule has 1 unspecified atom stereocenters. The van der Waals surface area contributed by atoms with Gasteiger partial charge in [-0.1, -0.05) is 27.7 Å². The molecule has 0 bridgehead atoms. The highest BCUT2D eigenvalue weighted by atomic mass is 17.1. The Bertz CT molecular complexity index is 259. The zero-order chi connectivity index (χ0) is 14.4. The minimum atomic E-state index is -0.449. The molecule has 0 aromatic rings. The molecule has 4 heteroatoms. The van der Waals surface area contributed by atoms with Gasteiger partial charge < -0.3 is 4.74 Å². The molecule has 0 aromatic carbocycles. The zero-order valence-corrected chi connectivity index (χ0v) is 12.6. The van der Waals surface area contributed by atoms with Crippen molar-refractivity contribution in [3.8, 4) is 0 Å². The second-order valence-corrected chi connectivity index (χ2v) is 6.10. The van der Waals surface area contributed by atoms with Gasteiger partial charge in [-0.2, -0.15) is 0 Å². The predicted octanol–water partition coefficient (Wildman–Crippen LogP) is 3.65. The van der Waals surface area contributed by atoms with Crippen molar-refractivity contribution < 1.29 is 19.7 Å². The van der Waals surface area contributed by atoms with Crippen LogP contribution in [0.15, 0.2) is 0 Å². The molecular formula is C14H28O4. The molecule has 0 fully saturated rings. The van der Waals surface area contributed by atoms with Crippen molar-refractivity contribution in [2.45, 2.75) is 66.9 Å². The van der Waals surface area contributed by atoms with Gasteiger partial charge in [0, 0.05) is 6.42 Å². The molecule has 0 spiro atoms. The van der Waals surface area contributed by atoms with Crippen LogP contribution in [-0.2, 0) is 14.4 Å². The molecule has 0 aliphatic heterocycles. The fraction of sp³-hybridized carbons (Fsp3) is 0.929. The van der Waals surface area contributed by atoms with Crippen LogP contribution in [0.2, 0.25) is 0 Å². The first-order valence-corrected chi connectivity index (χ1v) is 6.68. The van der Waals surface area contributed by atoms with Crippen LogP contribution < -0.4 is 0 Å². The minimum Gasteiger partial charge on any atom is -0.465 e. The molecule has 18 heavy (non-hydrogen) atoms. The lowest BCUT2D eigenvalue weighted by atomic mass is 9.82. The molecule has 0 amide bonds. The third kappa shape index (κ3) is 4.94. The monoisotopic (exact) mass is 260 g/mol. The van der Waals surface area contributed by atoms with E-state index in [1.807, 2.05) is 41.5 Å². The SMILES string of the molecule is CCC(C)(C)C(=O)OCCC(OO)C(C)(C)CC. The van der Waals surface area contributed by atoms with Crippen molar-refractivity contribution in [3.05, 3.63) is 0 Å². The number of ether oxygens (including phenoxy) is 1. The van der Waals surface area contributed by atoms with E-state index in [4.69, 9.17) is 9.99 Å². The number of hydrogen-bond acceptors (Lipinski definition) is 4. The van der Waals surface area contributed by atoms with Crippen LogP contribution in [0, 0.1) is 10.8 Å². The smallest absolute Gasteiger partial charge is 0.311 e. The molecule has 0 aliphatic rings. The first-order chi connectivity index (χ1) is 8.21. The second kappa shape index (κ2) is 7.10. The van der Waals surface area contributed by atoms with Crippen LogP contribution in [0.1, 0.15) is 60.8 Å². The highest BCUT2D eigenvalue weighted by Crippen LogP contribution is 2.29. The summed E-state index contributed by atoms with van der Waals surface area (Å²) in [5, 5.41) is 8.92.